The zero-order chi connectivity index (χ0) is 25.4. The van der Waals surface area contributed by atoms with Crippen LogP contribution in [0.15, 0.2) is 60.2 Å². The van der Waals surface area contributed by atoms with Crippen LogP contribution in [-0.4, -0.2) is 31.0 Å². The molecule has 1 amide bonds. The lowest BCUT2D eigenvalue weighted by molar-refractivity contribution is -0.132. The molecule has 4 rings (SSSR count). The van der Waals surface area contributed by atoms with Gasteiger partial charge in [-0.2, -0.15) is 0 Å². The molecule has 0 radical (unpaired) electrons. The van der Waals surface area contributed by atoms with E-state index in [0.29, 0.717) is 5.56 Å². The molecule has 1 N–H and O–H groups in total. The summed E-state index contributed by atoms with van der Waals surface area (Å²) < 4.78 is 24.3. The maximum Gasteiger partial charge on any atom is 0.300 e. The number of nitrogens with zero attached hydrogens (tertiary/aromatic N) is 1. The lowest BCUT2D eigenvalue weighted by atomic mass is 9.94. The van der Waals surface area contributed by atoms with E-state index in [2.05, 4.69) is 0 Å². The van der Waals surface area contributed by atoms with Crippen LogP contribution >= 0.6 is 34.8 Å². The van der Waals surface area contributed by atoms with Crippen molar-refractivity contribution < 1.29 is 28.6 Å². The fraction of sp³-hybridized carbons (Fsp3) is 0.120. The number of benzene rings is 3. The highest BCUT2D eigenvalue weighted by molar-refractivity contribution is 6.52. The van der Waals surface area contributed by atoms with Crippen molar-refractivity contribution in [1.29, 1.82) is 0 Å². The normalized spacial score (nSPS) is 17.1. The molecular formula is C25H17Cl3FNO5. The minimum absolute atomic E-state index is 0.0722. The van der Waals surface area contributed by atoms with E-state index in [4.69, 9.17) is 44.3 Å². The lowest BCUT2D eigenvalue weighted by Gasteiger charge is -2.26. The van der Waals surface area contributed by atoms with Crippen molar-refractivity contribution in [2.75, 3.05) is 19.1 Å². The van der Waals surface area contributed by atoms with E-state index in [1.807, 2.05) is 0 Å². The molecule has 180 valence electrons. The quantitative estimate of drug-likeness (QED) is 0.231. The minimum Gasteiger partial charge on any atom is -0.507 e. The number of anilines is 1. The average molecular weight is 537 g/mol. The molecule has 0 spiro atoms. The lowest BCUT2D eigenvalue weighted by Crippen LogP contribution is -2.29. The van der Waals surface area contributed by atoms with Gasteiger partial charge in [-0.1, -0.05) is 46.9 Å². The van der Waals surface area contributed by atoms with Gasteiger partial charge in [0.1, 0.15) is 23.1 Å². The van der Waals surface area contributed by atoms with Crippen LogP contribution in [0, 0.1) is 5.82 Å². The first-order valence-corrected chi connectivity index (χ1v) is 11.2. The van der Waals surface area contributed by atoms with Crippen molar-refractivity contribution in [2.45, 2.75) is 6.04 Å². The highest BCUT2D eigenvalue weighted by atomic mass is 35.5. The second kappa shape index (κ2) is 9.77. The van der Waals surface area contributed by atoms with Gasteiger partial charge in [-0.25, -0.2) is 4.39 Å². The van der Waals surface area contributed by atoms with Crippen LogP contribution in [0.1, 0.15) is 17.2 Å². The SMILES string of the molecule is COc1cc(/C(O)=C2\C(=O)C(=O)N(c3cc(Cl)cc(Cl)c3)C2c2ccc(F)cc2)c(OC)cc1Cl. The number of ketones is 1. The Balaban J connectivity index is 2.01. The Labute approximate surface area is 215 Å². The Morgan fingerprint density at radius 1 is 0.914 bits per heavy atom. The second-order valence-electron chi connectivity index (χ2n) is 7.54. The van der Waals surface area contributed by atoms with Crippen LogP contribution in [0.4, 0.5) is 10.1 Å². The van der Waals surface area contributed by atoms with Crippen molar-refractivity contribution >= 4 is 57.9 Å². The maximum atomic E-state index is 13.7. The smallest absolute Gasteiger partial charge is 0.300 e. The zero-order valence-corrected chi connectivity index (χ0v) is 20.6. The van der Waals surface area contributed by atoms with Gasteiger partial charge in [0, 0.05) is 21.8 Å². The van der Waals surface area contributed by atoms with E-state index < -0.39 is 29.3 Å². The van der Waals surface area contributed by atoms with Gasteiger partial charge in [0.05, 0.1) is 36.4 Å². The van der Waals surface area contributed by atoms with E-state index in [0.717, 1.165) is 4.90 Å². The maximum absolute atomic E-state index is 13.7. The van der Waals surface area contributed by atoms with Crippen LogP contribution in [0.3, 0.4) is 0 Å². The molecule has 1 fully saturated rings. The van der Waals surface area contributed by atoms with Crippen LogP contribution in [0.25, 0.3) is 5.76 Å². The topological polar surface area (TPSA) is 76.1 Å². The van der Waals surface area contributed by atoms with E-state index in [9.17, 15) is 19.1 Å². The first-order valence-electron chi connectivity index (χ1n) is 10.1. The molecule has 1 saturated heterocycles. The van der Waals surface area contributed by atoms with Gasteiger partial charge in [0.2, 0.25) is 0 Å². The fourth-order valence-electron chi connectivity index (χ4n) is 3.93. The number of aliphatic hydroxyl groups is 1. The molecule has 0 bridgehead atoms. The van der Waals surface area contributed by atoms with Gasteiger partial charge < -0.3 is 14.6 Å². The van der Waals surface area contributed by atoms with Crippen molar-refractivity contribution in [2.24, 2.45) is 0 Å². The molecule has 3 aromatic rings. The van der Waals surface area contributed by atoms with E-state index >= 15 is 0 Å². The number of hydrogen-bond donors (Lipinski definition) is 1. The molecule has 1 aliphatic heterocycles. The number of amides is 1. The number of hydrogen-bond acceptors (Lipinski definition) is 5. The zero-order valence-electron chi connectivity index (χ0n) is 18.3. The number of rotatable bonds is 5. The minimum atomic E-state index is -1.13. The molecule has 1 aliphatic rings. The van der Waals surface area contributed by atoms with Gasteiger partial charge >= 0.3 is 0 Å². The second-order valence-corrected chi connectivity index (χ2v) is 8.82. The summed E-state index contributed by atoms with van der Waals surface area (Å²) in [5.74, 6) is -2.59. The molecule has 1 heterocycles. The summed E-state index contributed by atoms with van der Waals surface area (Å²) in [6.45, 7) is 0. The third-order valence-electron chi connectivity index (χ3n) is 5.48. The standard InChI is InChI=1S/C25H17Cl3FNO5/c1-34-19-11-18(28)20(35-2)10-17(19)23(31)21-22(12-3-5-15(29)6-4-12)30(25(33)24(21)32)16-8-13(26)7-14(27)9-16/h3-11,22,31H,1-2H3/b23-21+. The Morgan fingerprint density at radius 2 is 1.51 bits per heavy atom. The van der Waals surface area contributed by atoms with Crippen molar-refractivity contribution in [3.63, 3.8) is 0 Å². The predicted octanol–water partition coefficient (Wildman–Crippen LogP) is 6.43. The van der Waals surface area contributed by atoms with E-state index in [1.165, 1.54) is 68.8 Å². The third-order valence-corrected chi connectivity index (χ3v) is 6.22. The molecule has 10 heteroatoms. The molecule has 1 atom stereocenters. The first-order chi connectivity index (χ1) is 16.7. The monoisotopic (exact) mass is 535 g/mol. The molecule has 3 aromatic carbocycles. The molecule has 0 saturated carbocycles. The Kier molecular flexibility index (Phi) is 6.94. The van der Waals surface area contributed by atoms with E-state index in [-0.39, 0.29) is 43.4 Å². The van der Waals surface area contributed by atoms with Crippen molar-refractivity contribution in [3.05, 3.63) is 92.2 Å². The van der Waals surface area contributed by atoms with Crippen LogP contribution in [-0.2, 0) is 9.59 Å². The number of aliphatic hydroxyl groups excluding tert-OH is 1. The van der Waals surface area contributed by atoms with Gasteiger partial charge in [-0.05, 0) is 42.0 Å². The fourth-order valence-corrected chi connectivity index (χ4v) is 4.67. The van der Waals surface area contributed by atoms with Crippen LogP contribution < -0.4 is 14.4 Å². The summed E-state index contributed by atoms with van der Waals surface area (Å²) >= 11 is 18.5. The van der Waals surface area contributed by atoms with Gasteiger partial charge in [-0.3, -0.25) is 14.5 Å². The summed E-state index contributed by atoms with van der Waals surface area (Å²) in [4.78, 5) is 27.7. The predicted molar refractivity (Wildman–Crippen MR) is 132 cm³/mol. The molecule has 1 unspecified atom stereocenters. The molecule has 0 aliphatic carbocycles. The van der Waals surface area contributed by atoms with Gasteiger partial charge in [0.25, 0.3) is 11.7 Å². The molecular weight excluding hydrogens is 520 g/mol. The first kappa shape index (κ1) is 24.9. The molecule has 0 aromatic heterocycles. The molecule has 35 heavy (non-hydrogen) atoms. The van der Waals surface area contributed by atoms with Crippen LogP contribution in [0.2, 0.25) is 15.1 Å². The van der Waals surface area contributed by atoms with Crippen molar-refractivity contribution in [3.8, 4) is 11.5 Å². The summed E-state index contributed by atoms with van der Waals surface area (Å²) in [5, 5.41) is 12.0. The summed E-state index contributed by atoms with van der Waals surface area (Å²) in [5.41, 5.74) is 0.408. The van der Waals surface area contributed by atoms with Crippen molar-refractivity contribution in [1.82, 2.24) is 0 Å². The summed E-state index contributed by atoms with van der Waals surface area (Å²) in [7, 11) is 2.75. The number of methoxy groups -OCH3 is 2. The number of ether oxygens (including phenoxy) is 2. The number of halogens is 4. The highest BCUT2D eigenvalue weighted by Gasteiger charge is 2.47. The van der Waals surface area contributed by atoms with Gasteiger partial charge in [0.15, 0.2) is 0 Å². The Morgan fingerprint density at radius 3 is 2.09 bits per heavy atom. The Bertz CT molecular complexity index is 1350. The summed E-state index contributed by atoms with van der Waals surface area (Å²) in [6, 6.07) is 11.3. The number of Topliss-reactive ketones (excluding diaryl/α,β-unsaturated/α-hetero) is 1. The molecule has 6 nitrogen and oxygen atoms in total. The highest BCUT2D eigenvalue weighted by Crippen LogP contribution is 2.45. The number of carbonyl (C=O) groups excluding carboxylic acids is 2. The Hall–Kier alpha value is -3.26. The largest absolute Gasteiger partial charge is 0.507 e. The third kappa shape index (κ3) is 4.55. The number of carbonyl (C=O) groups is 2. The van der Waals surface area contributed by atoms with E-state index in [1.54, 1.807) is 0 Å². The van der Waals surface area contributed by atoms with Gasteiger partial charge in [-0.15, -0.1) is 0 Å². The average Bonchev–Trinajstić information content (AvgIpc) is 3.08. The van der Waals surface area contributed by atoms with Crippen LogP contribution in [0.5, 0.6) is 11.5 Å². The summed E-state index contributed by atoms with van der Waals surface area (Å²) in [6.07, 6.45) is 0.